The highest BCUT2D eigenvalue weighted by molar-refractivity contribution is 7.92. The molecule has 0 saturated heterocycles. The van der Waals surface area contributed by atoms with Crippen LogP contribution in [0.4, 0.5) is 5.69 Å². The number of halogens is 1. The Morgan fingerprint density at radius 2 is 1.58 bits per heavy atom. The van der Waals surface area contributed by atoms with Crippen molar-refractivity contribution in [2.75, 3.05) is 23.7 Å². The zero-order valence-corrected chi connectivity index (χ0v) is 23.8. The molecular weight excluding hydrogens is 498 g/mol. The maximum Gasteiger partial charge on any atom is 0.244 e. The van der Waals surface area contributed by atoms with Crippen LogP contribution in [0.15, 0.2) is 48.5 Å². The van der Waals surface area contributed by atoms with E-state index < -0.39 is 28.5 Å². The van der Waals surface area contributed by atoms with Crippen molar-refractivity contribution in [1.29, 1.82) is 0 Å². The molecule has 0 heterocycles. The summed E-state index contributed by atoms with van der Waals surface area (Å²) in [5.74, 6) is -0.581. The Morgan fingerprint density at radius 1 is 1.00 bits per heavy atom. The first-order valence-corrected chi connectivity index (χ1v) is 14.2. The summed E-state index contributed by atoms with van der Waals surface area (Å²) in [7, 11) is -3.78. The fourth-order valence-corrected chi connectivity index (χ4v) is 4.63. The second kappa shape index (κ2) is 12.1. The highest BCUT2D eigenvalue weighted by Gasteiger charge is 2.30. The standard InChI is InChI=1S/C27H38ClN3O4S/c1-19(2)16-29-26(33)20(3)30(17-21-10-8-9-11-24(21)28)25(32)18-31(36(7,34)35)23-14-12-22(13-15-23)27(4,5)6/h8-15,19-20H,16-18H2,1-7H3,(H,29,33)/t20-/m1/s1. The summed E-state index contributed by atoms with van der Waals surface area (Å²) in [6.07, 6.45) is 1.06. The van der Waals surface area contributed by atoms with Crippen LogP contribution in [-0.4, -0.2) is 50.5 Å². The Labute approximate surface area is 220 Å². The van der Waals surface area contributed by atoms with E-state index in [-0.39, 0.29) is 23.8 Å². The van der Waals surface area contributed by atoms with Gasteiger partial charge in [-0.15, -0.1) is 0 Å². The molecule has 2 aromatic rings. The molecule has 0 radical (unpaired) electrons. The normalized spacial score (nSPS) is 12.8. The smallest absolute Gasteiger partial charge is 0.244 e. The van der Waals surface area contributed by atoms with E-state index in [1.807, 2.05) is 26.0 Å². The minimum atomic E-state index is -3.78. The van der Waals surface area contributed by atoms with Crippen LogP contribution in [0.2, 0.25) is 5.02 Å². The zero-order chi connectivity index (χ0) is 27.3. The molecule has 0 aromatic heterocycles. The lowest BCUT2D eigenvalue weighted by atomic mass is 9.87. The van der Waals surface area contributed by atoms with E-state index in [1.165, 1.54) is 4.90 Å². The monoisotopic (exact) mass is 535 g/mol. The van der Waals surface area contributed by atoms with Gasteiger partial charge in [-0.25, -0.2) is 8.42 Å². The fraction of sp³-hybridized carbons (Fsp3) is 0.481. The highest BCUT2D eigenvalue weighted by atomic mass is 35.5. The van der Waals surface area contributed by atoms with Crippen molar-refractivity contribution in [1.82, 2.24) is 10.2 Å². The van der Waals surface area contributed by atoms with E-state index in [0.717, 1.165) is 16.1 Å². The van der Waals surface area contributed by atoms with E-state index in [4.69, 9.17) is 11.6 Å². The topological polar surface area (TPSA) is 86.8 Å². The van der Waals surface area contributed by atoms with Gasteiger partial charge in [0.2, 0.25) is 21.8 Å². The lowest BCUT2D eigenvalue weighted by Gasteiger charge is -2.32. The molecule has 1 N–H and O–H groups in total. The minimum absolute atomic E-state index is 0.0648. The Morgan fingerprint density at radius 3 is 2.08 bits per heavy atom. The number of nitrogens with zero attached hydrogens (tertiary/aromatic N) is 2. The molecule has 2 amide bonds. The van der Waals surface area contributed by atoms with Crippen LogP contribution in [0.5, 0.6) is 0 Å². The largest absolute Gasteiger partial charge is 0.354 e. The lowest BCUT2D eigenvalue weighted by molar-refractivity contribution is -0.139. The average Bonchev–Trinajstić information content (AvgIpc) is 2.78. The molecule has 1 atom stereocenters. The summed E-state index contributed by atoms with van der Waals surface area (Å²) in [4.78, 5) is 27.9. The molecule has 2 aromatic carbocycles. The van der Waals surface area contributed by atoms with Crippen molar-refractivity contribution < 1.29 is 18.0 Å². The van der Waals surface area contributed by atoms with Gasteiger partial charge in [0.25, 0.3) is 0 Å². The molecule has 0 spiro atoms. The quantitative estimate of drug-likeness (QED) is 0.482. The number of carbonyl (C=O) groups excluding carboxylic acids is 2. The predicted molar refractivity (Wildman–Crippen MR) is 147 cm³/mol. The molecule has 0 aliphatic heterocycles. The maximum atomic E-state index is 13.6. The first-order valence-electron chi connectivity index (χ1n) is 12.0. The zero-order valence-electron chi connectivity index (χ0n) is 22.2. The van der Waals surface area contributed by atoms with E-state index in [1.54, 1.807) is 43.3 Å². The van der Waals surface area contributed by atoms with Crippen molar-refractivity contribution in [3.05, 3.63) is 64.7 Å². The minimum Gasteiger partial charge on any atom is -0.354 e. The molecule has 2 rings (SSSR count). The summed E-state index contributed by atoms with van der Waals surface area (Å²) < 4.78 is 26.5. The van der Waals surface area contributed by atoms with Gasteiger partial charge >= 0.3 is 0 Å². The van der Waals surface area contributed by atoms with Gasteiger partial charge in [-0.3, -0.25) is 13.9 Å². The number of amides is 2. The lowest BCUT2D eigenvalue weighted by Crippen LogP contribution is -2.51. The van der Waals surface area contributed by atoms with Gasteiger partial charge in [-0.05, 0) is 47.6 Å². The Bertz CT molecular complexity index is 1160. The van der Waals surface area contributed by atoms with Gasteiger partial charge < -0.3 is 10.2 Å². The summed E-state index contributed by atoms with van der Waals surface area (Å²) in [5, 5.41) is 3.32. The third-order valence-electron chi connectivity index (χ3n) is 5.85. The van der Waals surface area contributed by atoms with Crippen molar-refractivity contribution in [3.8, 4) is 0 Å². The number of rotatable bonds is 10. The van der Waals surface area contributed by atoms with Gasteiger partial charge in [0.15, 0.2) is 0 Å². The molecule has 0 aliphatic carbocycles. The molecule has 9 heteroatoms. The molecule has 7 nitrogen and oxygen atoms in total. The summed E-state index contributed by atoms with van der Waals surface area (Å²) in [5.41, 5.74) is 1.99. The third kappa shape index (κ3) is 8.23. The van der Waals surface area contributed by atoms with Gasteiger partial charge in [0.1, 0.15) is 12.6 Å². The second-order valence-electron chi connectivity index (χ2n) is 10.5. The number of carbonyl (C=O) groups is 2. The molecule has 0 saturated carbocycles. The Hall–Kier alpha value is -2.58. The van der Waals surface area contributed by atoms with E-state index >= 15 is 0 Å². The third-order valence-corrected chi connectivity index (χ3v) is 7.36. The molecule has 36 heavy (non-hydrogen) atoms. The number of hydrogen-bond donors (Lipinski definition) is 1. The Kier molecular flexibility index (Phi) is 9.97. The van der Waals surface area contributed by atoms with Crippen LogP contribution >= 0.6 is 11.6 Å². The van der Waals surface area contributed by atoms with Gasteiger partial charge in [0.05, 0.1) is 11.9 Å². The molecule has 0 fully saturated rings. The van der Waals surface area contributed by atoms with E-state index in [0.29, 0.717) is 22.8 Å². The molecule has 0 bridgehead atoms. The molecule has 0 aliphatic rings. The van der Waals surface area contributed by atoms with Crippen LogP contribution in [0.3, 0.4) is 0 Å². The summed E-state index contributed by atoms with van der Waals surface area (Å²) >= 11 is 6.34. The SMILES string of the molecule is CC(C)CNC(=O)[C@@H](C)N(Cc1ccccc1Cl)C(=O)CN(c1ccc(C(C)(C)C)cc1)S(C)(=O)=O. The summed E-state index contributed by atoms with van der Waals surface area (Å²) in [6.45, 7) is 11.9. The number of benzene rings is 2. The van der Waals surface area contributed by atoms with Crippen LogP contribution in [0, 0.1) is 5.92 Å². The van der Waals surface area contributed by atoms with Crippen molar-refractivity contribution >= 4 is 39.1 Å². The first kappa shape index (κ1) is 29.6. The molecule has 0 unspecified atom stereocenters. The van der Waals surface area contributed by atoms with Crippen molar-refractivity contribution in [2.45, 2.75) is 59.5 Å². The highest BCUT2D eigenvalue weighted by Crippen LogP contribution is 2.26. The van der Waals surface area contributed by atoms with Gasteiger partial charge in [0, 0.05) is 18.1 Å². The first-order chi connectivity index (χ1) is 16.6. The number of anilines is 1. The van der Waals surface area contributed by atoms with Crippen LogP contribution in [0.25, 0.3) is 0 Å². The van der Waals surface area contributed by atoms with Gasteiger partial charge in [-0.2, -0.15) is 0 Å². The number of hydrogen-bond acceptors (Lipinski definition) is 4. The fourth-order valence-electron chi connectivity index (χ4n) is 3.59. The second-order valence-corrected chi connectivity index (χ2v) is 12.8. The van der Waals surface area contributed by atoms with Crippen LogP contribution in [0.1, 0.15) is 52.7 Å². The van der Waals surface area contributed by atoms with Crippen LogP contribution in [-0.2, 0) is 31.6 Å². The molecule has 198 valence electrons. The van der Waals surface area contributed by atoms with Gasteiger partial charge in [-0.1, -0.05) is 76.6 Å². The Balaban J connectivity index is 2.39. The molecular formula is C27H38ClN3O4S. The number of nitrogens with one attached hydrogen (secondary N) is 1. The van der Waals surface area contributed by atoms with Crippen molar-refractivity contribution in [3.63, 3.8) is 0 Å². The average molecular weight is 536 g/mol. The summed E-state index contributed by atoms with van der Waals surface area (Å²) in [6, 6.07) is 13.4. The maximum absolute atomic E-state index is 13.6. The predicted octanol–water partition coefficient (Wildman–Crippen LogP) is 4.59. The number of sulfonamides is 1. The van der Waals surface area contributed by atoms with E-state index in [9.17, 15) is 18.0 Å². The van der Waals surface area contributed by atoms with Crippen molar-refractivity contribution in [2.24, 2.45) is 5.92 Å². The van der Waals surface area contributed by atoms with E-state index in [2.05, 4.69) is 26.1 Å². The van der Waals surface area contributed by atoms with Crippen LogP contribution < -0.4 is 9.62 Å².